The van der Waals surface area contributed by atoms with E-state index in [9.17, 15) is 0 Å². The zero-order valence-corrected chi connectivity index (χ0v) is 13.1. The highest BCUT2D eigenvalue weighted by atomic mass is 16.5. The molecule has 1 aromatic heterocycles. The molecule has 0 aliphatic heterocycles. The smallest absolute Gasteiger partial charge is 0.228 e. The molecule has 0 spiro atoms. The van der Waals surface area contributed by atoms with E-state index in [2.05, 4.69) is 30.9 Å². The summed E-state index contributed by atoms with van der Waals surface area (Å²) in [6, 6.07) is 0. The van der Waals surface area contributed by atoms with Crippen LogP contribution in [-0.4, -0.2) is 22.8 Å². The summed E-state index contributed by atoms with van der Waals surface area (Å²) in [6.07, 6.45) is 6.25. The van der Waals surface area contributed by atoms with Crippen LogP contribution < -0.4 is 5.73 Å². The van der Waals surface area contributed by atoms with Gasteiger partial charge < -0.3 is 15.0 Å². The molecule has 5 nitrogen and oxygen atoms in total. The second kappa shape index (κ2) is 5.82. The molecule has 1 heterocycles. The van der Waals surface area contributed by atoms with Crippen LogP contribution in [0.1, 0.15) is 70.7 Å². The van der Waals surface area contributed by atoms with Crippen LogP contribution in [0.2, 0.25) is 0 Å². The first-order valence-corrected chi connectivity index (χ1v) is 7.48. The van der Waals surface area contributed by atoms with E-state index < -0.39 is 0 Å². The van der Waals surface area contributed by atoms with Gasteiger partial charge in [-0.05, 0) is 18.3 Å². The maximum absolute atomic E-state index is 6.44. The number of ether oxygens (including phenoxy) is 1. The Kier molecular flexibility index (Phi) is 4.49. The Bertz CT molecular complexity index is 431. The van der Waals surface area contributed by atoms with Crippen LogP contribution in [0, 0.1) is 5.41 Å². The van der Waals surface area contributed by atoms with E-state index in [0.717, 1.165) is 12.8 Å². The highest BCUT2D eigenvalue weighted by Crippen LogP contribution is 2.34. The highest BCUT2D eigenvalue weighted by Gasteiger charge is 2.33. The lowest BCUT2D eigenvalue weighted by molar-refractivity contribution is 0.00718. The van der Waals surface area contributed by atoms with E-state index in [0.29, 0.717) is 18.1 Å². The molecule has 1 aliphatic rings. The van der Waals surface area contributed by atoms with Gasteiger partial charge in [0.1, 0.15) is 6.10 Å². The molecule has 1 aromatic rings. The van der Waals surface area contributed by atoms with E-state index in [-0.39, 0.29) is 17.1 Å². The molecule has 2 N–H and O–H groups in total. The molecule has 1 aliphatic carbocycles. The second-order valence-corrected chi connectivity index (χ2v) is 7.13. The molecule has 0 radical (unpaired) electrons. The van der Waals surface area contributed by atoms with Crippen LogP contribution in [-0.2, 0) is 11.2 Å². The number of nitrogens with two attached hydrogens (primary N) is 1. The van der Waals surface area contributed by atoms with E-state index >= 15 is 0 Å². The Hall–Kier alpha value is -0.940. The molecule has 5 heteroatoms. The first-order valence-electron chi connectivity index (χ1n) is 7.48. The molecule has 1 atom stereocenters. The van der Waals surface area contributed by atoms with Gasteiger partial charge in [-0.3, -0.25) is 0 Å². The average Bonchev–Trinajstić information content (AvgIpc) is 2.76. The van der Waals surface area contributed by atoms with Crippen molar-refractivity contribution in [3.8, 4) is 0 Å². The van der Waals surface area contributed by atoms with Crippen LogP contribution in [0.25, 0.3) is 0 Å². The quantitative estimate of drug-likeness (QED) is 0.918. The first-order chi connectivity index (χ1) is 9.34. The molecule has 1 unspecified atom stereocenters. The topological polar surface area (TPSA) is 74.2 Å². The van der Waals surface area contributed by atoms with Gasteiger partial charge in [-0.2, -0.15) is 4.98 Å². The van der Waals surface area contributed by atoms with Crippen molar-refractivity contribution in [1.82, 2.24) is 10.1 Å². The lowest BCUT2D eigenvalue weighted by Gasteiger charge is -2.32. The van der Waals surface area contributed by atoms with Crippen molar-refractivity contribution < 1.29 is 9.26 Å². The minimum atomic E-state index is -0.174. The van der Waals surface area contributed by atoms with E-state index in [1.165, 1.54) is 19.3 Å². The zero-order valence-electron chi connectivity index (χ0n) is 13.1. The average molecular weight is 281 g/mol. The summed E-state index contributed by atoms with van der Waals surface area (Å²) < 4.78 is 10.9. The number of hydrogen-bond acceptors (Lipinski definition) is 5. The molecule has 114 valence electrons. The SMILES string of the molecule is COC(c1noc(CC2(N)CCCCC2)n1)C(C)(C)C. The molecule has 1 fully saturated rings. The summed E-state index contributed by atoms with van der Waals surface area (Å²) >= 11 is 0. The molecular formula is C15H27N3O2. The molecule has 1 saturated carbocycles. The Morgan fingerprint density at radius 2 is 1.95 bits per heavy atom. The Morgan fingerprint density at radius 3 is 2.50 bits per heavy atom. The fraction of sp³-hybridized carbons (Fsp3) is 0.867. The van der Waals surface area contributed by atoms with Crippen molar-refractivity contribution in [3.05, 3.63) is 11.7 Å². The molecule has 20 heavy (non-hydrogen) atoms. The molecule has 0 saturated heterocycles. The number of methoxy groups -OCH3 is 1. The van der Waals surface area contributed by atoms with Crippen molar-refractivity contribution >= 4 is 0 Å². The van der Waals surface area contributed by atoms with Crippen LogP contribution in [0.3, 0.4) is 0 Å². The summed E-state index contributed by atoms with van der Waals surface area (Å²) in [5.41, 5.74) is 6.19. The van der Waals surface area contributed by atoms with Crippen molar-refractivity contribution in [2.45, 2.75) is 70.9 Å². The number of rotatable bonds is 4. The van der Waals surface area contributed by atoms with Crippen LogP contribution in [0.4, 0.5) is 0 Å². The first kappa shape index (κ1) is 15.4. The Labute approximate surface area is 121 Å². The summed E-state index contributed by atoms with van der Waals surface area (Å²) in [6.45, 7) is 6.30. The van der Waals surface area contributed by atoms with Gasteiger partial charge in [0.25, 0.3) is 0 Å². The van der Waals surface area contributed by atoms with E-state index in [4.69, 9.17) is 15.0 Å². The maximum Gasteiger partial charge on any atom is 0.228 e. The van der Waals surface area contributed by atoms with Gasteiger partial charge >= 0.3 is 0 Å². The third kappa shape index (κ3) is 3.58. The number of hydrogen-bond donors (Lipinski definition) is 1. The van der Waals surface area contributed by atoms with Crippen LogP contribution >= 0.6 is 0 Å². The van der Waals surface area contributed by atoms with Crippen molar-refractivity contribution in [3.63, 3.8) is 0 Å². The standard InChI is InChI=1S/C15H27N3O2/c1-14(2,3)12(19-4)13-17-11(20-18-13)10-15(16)8-6-5-7-9-15/h12H,5-10,16H2,1-4H3. The third-order valence-electron chi connectivity index (χ3n) is 4.09. The number of nitrogens with zero attached hydrogens (tertiary/aromatic N) is 2. The fourth-order valence-electron chi connectivity index (χ4n) is 3.03. The number of aromatic nitrogens is 2. The predicted molar refractivity (Wildman–Crippen MR) is 77.2 cm³/mol. The zero-order chi connectivity index (χ0) is 14.8. The van der Waals surface area contributed by atoms with Gasteiger partial charge in [0, 0.05) is 19.1 Å². The van der Waals surface area contributed by atoms with E-state index in [1.54, 1.807) is 7.11 Å². The fourth-order valence-corrected chi connectivity index (χ4v) is 3.03. The molecule has 0 amide bonds. The lowest BCUT2D eigenvalue weighted by atomic mass is 9.80. The Morgan fingerprint density at radius 1 is 1.30 bits per heavy atom. The van der Waals surface area contributed by atoms with Crippen molar-refractivity contribution in [2.24, 2.45) is 11.1 Å². The normalized spacial score (nSPS) is 20.9. The summed E-state index contributed by atoms with van der Waals surface area (Å²) in [7, 11) is 1.68. The molecule has 0 aromatic carbocycles. The van der Waals surface area contributed by atoms with Crippen molar-refractivity contribution in [1.29, 1.82) is 0 Å². The Balaban J connectivity index is 2.08. The minimum absolute atomic E-state index is 0.0683. The summed E-state index contributed by atoms with van der Waals surface area (Å²) in [5, 5.41) is 4.08. The minimum Gasteiger partial charge on any atom is -0.373 e. The summed E-state index contributed by atoms with van der Waals surface area (Å²) in [4.78, 5) is 4.50. The second-order valence-electron chi connectivity index (χ2n) is 7.13. The highest BCUT2D eigenvalue weighted by molar-refractivity contribution is 5.01. The third-order valence-corrected chi connectivity index (χ3v) is 4.09. The van der Waals surface area contributed by atoms with Gasteiger partial charge in [0.15, 0.2) is 0 Å². The predicted octanol–water partition coefficient (Wildman–Crippen LogP) is 3.01. The largest absolute Gasteiger partial charge is 0.373 e. The molecule has 2 rings (SSSR count). The van der Waals surface area contributed by atoms with Gasteiger partial charge in [-0.15, -0.1) is 0 Å². The van der Waals surface area contributed by atoms with Crippen molar-refractivity contribution in [2.75, 3.05) is 7.11 Å². The lowest BCUT2D eigenvalue weighted by Crippen LogP contribution is -2.43. The van der Waals surface area contributed by atoms with E-state index in [1.807, 2.05) is 0 Å². The molecule has 0 bridgehead atoms. The monoisotopic (exact) mass is 281 g/mol. The van der Waals surface area contributed by atoms with Gasteiger partial charge in [-0.1, -0.05) is 45.2 Å². The van der Waals surface area contributed by atoms with Gasteiger partial charge in [0.2, 0.25) is 11.7 Å². The van der Waals surface area contributed by atoms with Crippen LogP contribution in [0.5, 0.6) is 0 Å². The van der Waals surface area contributed by atoms with Crippen LogP contribution in [0.15, 0.2) is 4.52 Å². The maximum atomic E-state index is 6.44. The summed E-state index contributed by atoms with van der Waals surface area (Å²) in [5.74, 6) is 1.25. The van der Waals surface area contributed by atoms with Gasteiger partial charge in [-0.25, -0.2) is 0 Å². The van der Waals surface area contributed by atoms with Gasteiger partial charge in [0.05, 0.1) is 0 Å². The molecular weight excluding hydrogens is 254 g/mol.